The summed E-state index contributed by atoms with van der Waals surface area (Å²) in [5.74, 6) is 2.67. The van der Waals surface area contributed by atoms with Crippen molar-refractivity contribution in [2.45, 2.75) is 65.6 Å². The Labute approximate surface area is 150 Å². The van der Waals surface area contributed by atoms with Gasteiger partial charge in [0.1, 0.15) is 12.9 Å². The summed E-state index contributed by atoms with van der Waals surface area (Å²) in [6.07, 6.45) is 6.84. The van der Waals surface area contributed by atoms with Gasteiger partial charge in [-0.15, -0.1) is 34.2 Å². The van der Waals surface area contributed by atoms with Crippen LogP contribution < -0.4 is 10.6 Å². The lowest BCUT2D eigenvalue weighted by atomic mass is 9.87. The minimum absolute atomic E-state index is 0. The van der Waals surface area contributed by atoms with Crippen LogP contribution in [0.4, 0.5) is 0 Å². The van der Waals surface area contributed by atoms with Gasteiger partial charge >= 0.3 is 0 Å². The van der Waals surface area contributed by atoms with Crippen molar-refractivity contribution in [3.05, 3.63) is 12.2 Å². The summed E-state index contributed by atoms with van der Waals surface area (Å²) >= 11 is 0. The van der Waals surface area contributed by atoms with Crippen LogP contribution in [0.2, 0.25) is 0 Å². The van der Waals surface area contributed by atoms with E-state index in [0.29, 0.717) is 12.6 Å². The third-order valence-corrected chi connectivity index (χ3v) is 4.12. The Hall–Kier alpha value is -0.860. The number of hydrogen-bond donors (Lipinski definition) is 2. The minimum atomic E-state index is 0. The Bertz CT molecular complexity index is 451. The number of hydrogen-bond acceptors (Lipinski definition) is 3. The molecule has 0 spiro atoms. The van der Waals surface area contributed by atoms with Gasteiger partial charge in [0.2, 0.25) is 0 Å². The van der Waals surface area contributed by atoms with E-state index in [-0.39, 0.29) is 24.0 Å². The average molecular weight is 420 g/mol. The van der Waals surface area contributed by atoms with E-state index in [1.165, 1.54) is 25.7 Å². The molecule has 1 heterocycles. The second kappa shape index (κ2) is 10.0. The fraction of sp³-hybridized carbons (Fsp3) is 0.800. The van der Waals surface area contributed by atoms with Crippen molar-refractivity contribution < 1.29 is 0 Å². The van der Waals surface area contributed by atoms with Gasteiger partial charge in [-0.05, 0) is 45.4 Å². The van der Waals surface area contributed by atoms with Crippen LogP contribution in [0.5, 0.6) is 0 Å². The molecule has 0 bridgehead atoms. The molecule has 0 aromatic carbocycles. The summed E-state index contributed by atoms with van der Waals surface area (Å²) in [6.45, 7) is 8.83. The standard InChI is InChI=1S/C15H28N6.HI/c1-4-16-15(19-13-8-6-12(3)7-9-13)17-10-14-20-18-11-21(14)5-2;/h11-13H,4-10H2,1-3H3,(H2,16,17,19);1H. The number of halogens is 1. The summed E-state index contributed by atoms with van der Waals surface area (Å²) in [5, 5.41) is 15.0. The molecule has 126 valence electrons. The Balaban J connectivity index is 0.00000242. The molecular formula is C15H29IN6. The maximum Gasteiger partial charge on any atom is 0.191 e. The van der Waals surface area contributed by atoms with Gasteiger partial charge < -0.3 is 15.2 Å². The van der Waals surface area contributed by atoms with Crippen LogP contribution in [0, 0.1) is 5.92 Å². The van der Waals surface area contributed by atoms with Crippen molar-refractivity contribution >= 4 is 29.9 Å². The molecular weight excluding hydrogens is 391 g/mol. The van der Waals surface area contributed by atoms with Gasteiger partial charge in [-0.25, -0.2) is 4.99 Å². The van der Waals surface area contributed by atoms with Crippen LogP contribution >= 0.6 is 24.0 Å². The van der Waals surface area contributed by atoms with E-state index in [1.807, 2.05) is 4.57 Å². The number of aromatic nitrogens is 3. The number of aliphatic imine (C=N–C) groups is 1. The van der Waals surface area contributed by atoms with Crippen LogP contribution in [-0.4, -0.2) is 33.3 Å². The van der Waals surface area contributed by atoms with Gasteiger partial charge in [0.25, 0.3) is 0 Å². The SMILES string of the molecule is CCNC(=NCc1nncn1CC)NC1CCC(C)CC1.I. The topological polar surface area (TPSA) is 67.1 Å². The Morgan fingerprint density at radius 1 is 1.32 bits per heavy atom. The summed E-state index contributed by atoms with van der Waals surface area (Å²) in [7, 11) is 0. The van der Waals surface area contributed by atoms with Gasteiger partial charge in [-0.1, -0.05) is 6.92 Å². The third-order valence-electron chi connectivity index (χ3n) is 4.12. The molecule has 1 aromatic heterocycles. The van der Waals surface area contributed by atoms with Crippen LogP contribution in [0.15, 0.2) is 11.3 Å². The van der Waals surface area contributed by atoms with Crippen LogP contribution in [0.3, 0.4) is 0 Å². The van der Waals surface area contributed by atoms with E-state index >= 15 is 0 Å². The van der Waals surface area contributed by atoms with Crippen LogP contribution in [0.1, 0.15) is 52.3 Å². The summed E-state index contributed by atoms with van der Waals surface area (Å²) in [5.41, 5.74) is 0. The first-order chi connectivity index (χ1) is 10.2. The molecule has 6 nitrogen and oxygen atoms in total. The zero-order valence-corrected chi connectivity index (χ0v) is 16.2. The smallest absolute Gasteiger partial charge is 0.191 e. The molecule has 1 fully saturated rings. The molecule has 0 radical (unpaired) electrons. The largest absolute Gasteiger partial charge is 0.357 e. The van der Waals surface area contributed by atoms with Crippen molar-refractivity contribution in [3.63, 3.8) is 0 Å². The molecule has 0 aliphatic heterocycles. The van der Waals surface area contributed by atoms with E-state index < -0.39 is 0 Å². The second-order valence-corrected chi connectivity index (χ2v) is 5.83. The first-order valence-corrected chi connectivity index (χ1v) is 8.14. The molecule has 1 aromatic rings. The molecule has 0 saturated heterocycles. The molecule has 2 rings (SSSR count). The van der Waals surface area contributed by atoms with E-state index in [2.05, 4.69) is 46.6 Å². The Morgan fingerprint density at radius 3 is 2.68 bits per heavy atom. The Morgan fingerprint density at radius 2 is 2.05 bits per heavy atom. The highest BCUT2D eigenvalue weighted by molar-refractivity contribution is 14.0. The predicted octanol–water partition coefficient (Wildman–Crippen LogP) is 2.55. The lowest BCUT2D eigenvalue weighted by molar-refractivity contribution is 0.329. The zero-order valence-electron chi connectivity index (χ0n) is 13.9. The molecule has 0 atom stereocenters. The fourth-order valence-electron chi connectivity index (χ4n) is 2.73. The van der Waals surface area contributed by atoms with Gasteiger partial charge in [0.15, 0.2) is 11.8 Å². The second-order valence-electron chi connectivity index (χ2n) is 5.83. The van der Waals surface area contributed by atoms with Crippen molar-refractivity contribution in [2.75, 3.05) is 6.54 Å². The summed E-state index contributed by atoms with van der Waals surface area (Å²) in [4.78, 5) is 4.65. The normalized spacial score (nSPS) is 22.0. The van der Waals surface area contributed by atoms with Crippen molar-refractivity contribution in [2.24, 2.45) is 10.9 Å². The molecule has 2 N–H and O–H groups in total. The molecule has 1 aliphatic carbocycles. The summed E-state index contributed by atoms with van der Waals surface area (Å²) in [6, 6.07) is 0.544. The molecule has 1 aliphatic rings. The van der Waals surface area contributed by atoms with E-state index in [0.717, 1.165) is 30.8 Å². The predicted molar refractivity (Wildman–Crippen MR) is 100 cm³/mol. The first-order valence-electron chi connectivity index (χ1n) is 8.14. The van der Waals surface area contributed by atoms with Crippen molar-refractivity contribution in [1.29, 1.82) is 0 Å². The third kappa shape index (κ3) is 5.73. The highest BCUT2D eigenvalue weighted by Gasteiger charge is 2.18. The minimum Gasteiger partial charge on any atom is -0.357 e. The van der Waals surface area contributed by atoms with Gasteiger partial charge in [-0.2, -0.15) is 0 Å². The van der Waals surface area contributed by atoms with Gasteiger partial charge in [0, 0.05) is 19.1 Å². The molecule has 0 amide bonds. The molecule has 1 saturated carbocycles. The molecule has 0 unspecified atom stereocenters. The zero-order chi connectivity index (χ0) is 15.1. The van der Waals surface area contributed by atoms with Crippen molar-refractivity contribution in [1.82, 2.24) is 25.4 Å². The number of rotatable bonds is 5. The number of guanidine groups is 1. The lowest BCUT2D eigenvalue weighted by Gasteiger charge is -2.28. The quantitative estimate of drug-likeness (QED) is 0.437. The van der Waals surface area contributed by atoms with E-state index in [4.69, 9.17) is 0 Å². The Kier molecular flexibility index (Phi) is 8.74. The lowest BCUT2D eigenvalue weighted by Crippen LogP contribution is -2.44. The van der Waals surface area contributed by atoms with Gasteiger partial charge in [-0.3, -0.25) is 0 Å². The number of nitrogens with zero attached hydrogens (tertiary/aromatic N) is 4. The number of aryl methyl sites for hydroxylation is 1. The van der Waals surface area contributed by atoms with E-state index in [1.54, 1.807) is 6.33 Å². The van der Waals surface area contributed by atoms with E-state index in [9.17, 15) is 0 Å². The van der Waals surface area contributed by atoms with Crippen LogP contribution in [0.25, 0.3) is 0 Å². The molecule has 22 heavy (non-hydrogen) atoms. The maximum atomic E-state index is 4.65. The molecule has 7 heteroatoms. The highest BCUT2D eigenvalue weighted by atomic mass is 127. The summed E-state index contributed by atoms with van der Waals surface area (Å²) < 4.78 is 2.02. The maximum absolute atomic E-state index is 4.65. The monoisotopic (exact) mass is 420 g/mol. The first kappa shape index (κ1) is 19.2. The number of nitrogens with one attached hydrogen (secondary N) is 2. The van der Waals surface area contributed by atoms with Gasteiger partial charge in [0.05, 0.1) is 0 Å². The fourth-order valence-corrected chi connectivity index (χ4v) is 2.73. The van der Waals surface area contributed by atoms with Crippen molar-refractivity contribution in [3.8, 4) is 0 Å². The van der Waals surface area contributed by atoms with Crippen LogP contribution in [-0.2, 0) is 13.1 Å². The average Bonchev–Trinajstić information content (AvgIpc) is 2.95. The highest BCUT2D eigenvalue weighted by Crippen LogP contribution is 2.23.